The number of amides is 3. The van der Waals surface area contributed by atoms with Crippen LogP contribution in [0.2, 0.25) is 0 Å². The van der Waals surface area contributed by atoms with Gasteiger partial charge in [0.15, 0.2) is 0 Å². The van der Waals surface area contributed by atoms with Gasteiger partial charge in [0.25, 0.3) is 15.9 Å². The first kappa shape index (κ1) is 21.6. The Bertz CT molecular complexity index is 1020. The van der Waals surface area contributed by atoms with Crippen LogP contribution in [0.15, 0.2) is 34.0 Å². The Hall–Kier alpha value is -2.66. The van der Waals surface area contributed by atoms with Gasteiger partial charge in [-0.2, -0.15) is 0 Å². The predicted octanol–water partition coefficient (Wildman–Crippen LogP) is 1.80. The van der Waals surface area contributed by atoms with Crippen molar-refractivity contribution in [1.82, 2.24) is 14.6 Å². The number of carbonyl (C=O) groups excluding carboxylic acids is 2. The number of anilines is 1. The summed E-state index contributed by atoms with van der Waals surface area (Å²) in [6, 6.07) is 4.57. The zero-order chi connectivity index (χ0) is 20.9. The number of rotatable bonds is 7. The summed E-state index contributed by atoms with van der Waals surface area (Å²) in [6.07, 6.45) is 1.62. The van der Waals surface area contributed by atoms with E-state index in [-0.39, 0.29) is 14.6 Å². The molecule has 0 saturated heterocycles. The third kappa shape index (κ3) is 5.20. The number of hydrogen-bond acceptors (Lipinski definition) is 6. The van der Waals surface area contributed by atoms with Crippen molar-refractivity contribution in [2.75, 3.05) is 11.9 Å². The van der Waals surface area contributed by atoms with E-state index in [1.807, 2.05) is 11.6 Å². The molecular weight excluding hydrogens is 404 g/mol. The second kappa shape index (κ2) is 9.02. The van der Waals surface area contributed by atoms with Crippen LogP contribution in [0.25, 0.3) is 0 Å². The standard InChI is InChI=1S/C17H22N4O5S2/c1-4-5-10-18-16(23)20-28(25,26)13-8-6-12(7-9-13)19-15(22)14-11(2)21(3)17(24)27-14/h6-9H,4-5,10H2,1-3H3,(H,19,22)(H2,18,20,23). The van der Waals surface area contributed by atoms with Crippen LogP contribution < -0.4 is 20.2 Å². The zero-order valence-corrected chi connectivity index (χ0v) is 17.4. The third-order valence-corrected chi connectivity index (χ3v) is 6.45. The summed E-state index contributed by atoms with van der Waals surface area (Å²) < 4.78 is 27.8. The van der Waals surface area contributed by atoms with Crippen molar-refractivity contribution >= 4 is 39.0 Å². The number of hydrogen-bond donors (Lipinski definition) is 3. The van der Waals surface area contributed by atoms with E-state index >= 15 is 0 Å². The molecule has 0 aliphatic heterocycles. The SMILES string of the molecule is CCCCNC(=O)NS(=O)(=O)c1ccc(NC(=O)c2sc(=O)n(C)c2C)cc1. The molecule has 0 spiro atoms. The summed E-state index contributed by atoms with van der Waals surface area (Å²) >= 11 is 0.836. The minimum Gasteiger partial charge on any atom is -0.337 e. The molecule has 0 unspecified atom stereocenters. The second-order valence-electron chi connectivity index (χ2n) is 6.03. The molecule has 0 aliphatic carbocycles. The Kier molecular flexibility index (Phi) is 6.97. The monoisotopic (exact) mass is 426 g/mol. The van der Waals surface area contributed by atoms with Crippen molar-refractivity contribution in [1.29, 1.82) is 0 Å². The largest absolute Gasteiger partial charge is 0.337 e. The van der Waals surface area contributed by atoms with Crippen LogP contribution >= 0.6 is 11.3 Å². The van der Waals surface area contributed by atoms with Gasteiger partial charge < -0.3 is 15.2 Å². The van der Waals surface area contributed by atoms with Crippen molar-refractivity contribution in [3.8, 4) is 0 Å². The number of sulfonamides is 1. The highest BCUT2D eigenvalue weighted by atomic mass is 32.2. The molecule has 0 saturated carbocycles. The van der Waals surface area contributed by atoms with Crippen LogP contribution in [0.3, 0.4) is 0 Å². The lowest BCUT2D eigenvalue weighted by Gasteiger charge is -2.09. The predicted molar refractivity (Wildman–Crippen MR) is 107 cm³/mol. The molecule has 9 nitrogen and oxygen atoms in total. The molecular formula is C17H22N4O5S2. The summed E-state index contributed by atoms with van der Waals surface area (Å²) in [6.45, 7) is 4.00. The number of thiazole rings is 1. The first-order valence-corrected chi connectivity index (χ1v) is 10.8. The van der Waals surface area contributed by atoms with Gasteiger partial charge in [-0.1, -0.05) is 24.7 Å². The summed E-state index contributed by atoms with van der Waals surface area (Å²) in [5.41, 5.74) is 0.907. The van der Waals surface area contributed by atoms with E-state index in [2.05, 4.69) is 10.6 Å². The molecule has 3 N–H and O–H groups in total. The first-order chi connectivity index (χ1) is 13.2. The quantitative estimate of drug-likeness (QED) is 0.582. The number of unbranched alkanes of at least 4 members (excludes halogenated alkanes) is 1. The van der Waals surface area contributed by atoms with Crippen molar-refractivity contribution in [3.05, 3.63) is 44.5 Å². The fraction of sp³-hybridized carbons (Fsp3) is 0.353. The van der Waals surface area contributed by atoms with Gasteiger partial charge in [0, 0.05) is 25.0 Å². The van der Waals surface area contributed by atoms with E-state index in [1.165, 1.54) is 28.8 Å². The molecule has 0 fully saturated rings. The average Bonchev–Trinajstić information content (AvgIpc) is 2.89. The Morgan fingerprint density at radius 1 is 1.18 bits per heavy atom. The van der Waals surface area contributed by atoms with Gasteiger partial charge in [-0.25, -0.2) is 17.9 Å². The van der Waals surface area contributed by atoms with Crippen LogP contribution in [-0.4, -0.2) is 31.5 Å². The van der Waals surface area contributed by atoms with Gasteiger partial charge in [0.1, 0.15) is 4.88 Å². The number of carbonyl (C=O) groups is 2. The summed E-state index contributed by atoms with van der Waals surface area (Å²) in [7, 11) is -2.44. The summed E-state index contributed by atoms with van der Waals surface area (Å²) in [5.74, 6) is -0.454. The van der Waals surface area contributed by atoms with E-state index in [1.54, 1.807) is 14.0 Å². The van der Waals surface area contributed by atoms with Gasteiger partial charge in [-0.15, -0.1) is 0 Å². The smallest absolute Gasteiger partial charge is 0.328 e. The van der Waals surface area contributed by atoms with E-state index in [9.17, 15) is 22.8 Å². The molecule has 1 aromatic heterocycles. The highest BCUT2D eigenvalue weighted by Gasteiger charge is 2.19. The van der Waals surface area contributed by atoms with Gasteiger partial charge in [0.05, 0.1) is 4.90 Å². The van der Waals surface area contributed by atoms with E-state index in [0.717, 1.165) is 24.2 Å². The molecule has 0 bridgehead atoms. The second-order valence-corrected chi connectivity index (χ2v) is 8.68. The average molecular weight is 427 g/mol. The highest BCUT2D eigenvalue weighted by molar-refractivity contribution is 7.90. The third-order valence-electron chi connectivity index (χ3n) is 3.97. The molecule has 11 heteroatoms. The van der Waals surface area contributed by atoms with E-state index in [0.29, 0.717) is 17.9 Å². The van der Waals surface area contributed by atoms with Crippen LogP contribution in [0.4, 0.5) is 10.5 Å². The number of benzene rings is 1. The maximum absolute atomic E-state index is 12.3. The molecule has 2 aromatic rings. The van der Waals surface area contributed by atoms with Gasteiger partial charge in [-0.05, 0) is 37.6 Å². The number of urea groups is 1. The van der Waals surface area contributed by atoms with E-state index in [4.69, 9.17) is 0 Å². The summed E-state index contributed by atoms with van der Waals surface area (Å²) in [5, 5.41) is 5.08. The maximum atomic E-state index is 12.3. The molecule has 0 radical (unpaired) electrons. The molecule has 0 atom stereocenters. The lowest BCUT2D eigenvalue weighted by atomic mass is 10.3. The van der Waals surface area contributed by atoms with Gasteiger partial charge >= 0.3 is 10.9 Å². The minimum absolute atomic E-state index is 0.114. The number of nitrogens with zero attached hydrogens (tertiary/aromatic N) is 1. The molecule has 0 aliphatic rings. The molecule has 3 amide bonds. The zero-order valence-electron chi connectivity index (χ0n) is 15.7. The van der Waals surface area contributed by atoms with Crippen LogP contribution in [-0.2, 0) is 17.1 Å². The molecule has 28 heavy (non-hydrogen) atoms. The Balaban J connectivity index is 2.06. The maximum Gasteiger partial charge on any atom is 0.328 e. The molecule has 152 valence electrons. The van der Waals surface area contributed by atoms with Crippen molar-refractivity contribution < 1.29 is 18.0 Å². The first-order valence-electron chi connectivity index (χ1n) is 8.54. The Morgan fingerprint density at radius 2 is 1.82 bits per heavy atom. The van der Waals surface area contributed by atoms with Crippen LogP contribution in [0.1, 0.15) is 35.1 Å². The van der Waals surface area contributed by atoms with Gasteiger partial charge in [0.2, 0.25) is 0 Å². The van der Waals surface area contributed by atoms with Crippen molar-refractivity contribution in [3.63, 3.8) is 0 Å². The lowest BCUT2D eigenvalue weighted by Crippen LogP contribution is -2.39. The van der Waals surface area contributed by atoms with Gasteiger partial charge in [-0.3, -0.25) is 9.59 Å². The lowest BCUT2D eigenvalue weighted by molar-refractivity contribution is 0.102. The minimum atomic E-state index is -4.02. The number of aromatic nitrogens is 1. The normalized spacial score (nSPS) is 11.1. The fourth-order valence-electron chi connectivity index (χ4n) is 2.23. The molecule has 1 heterocycles. The number of nitrogens with one attached hydrogen (secondary N) is 3. The Labute approximate surface area is 166 Å². The molecule has 1 aromatic carbocycles. The fourth-order valence-corrected chi connectivity index (χ4v) is 4.04. The highest BCUT2D eigenvalue weighted by Crippen LogP contribution is 2.17. The van der Waals surface area contributed by atoms with Crippen LogP contribution in [0.5, 0.6) is 0 Å². The van der Waals surface area contributed by atoms with E-state index < -0.39 is 22.0 Å². The van der Waals surface area contributed by atoms with Crippen LogP contribution in [0, 0.1) is 6.92 Å². The van der Waals surface area contributed by atoms with Crippen molar-refractivity contribution in [2.24, 2.45) is 7.05 Å². The molecule has 2 rings (SSSR count). The Morgan fingerprint density at radius 3 is 2.36 bits per heavy atom. The summed E-state index contributed by atoms with van der Waals surface area (Å²) in [4.78, 5) is 35.5. The van der Waals surface area contributed by atoms with Crippen molar-refractivity contribution in [2.45, 2.75) is 31.6 Å². The topological polar surface area (TPSA) is 126 Å².